The van der Waals surface area contributed by atoms with Gasteiger partial charge in [-0.3, -0.25) is 4.79 Å². The smallest absolute Gasteiger partial charge is 0.273 e. The third-order valence-corrected chi connectivity index (χ3v) is 5.03. The fraction of sp³-hybridized carbons (Fsp3) is 0.190. The first-order valence-electron chi connectivity index (χ1n) is 8.25. The summed E-state index contributed by atoms with van der Waals surface area (Å²) in [5, 5.41) is 11.7. The quantitative estimate of drug-likeness (QED) is 0.684. The lowest BCUT2D eigenvalue weighted by molar-refractivity contribution is 0.0780. The summed E-state index contributed by atoms with van der Waals surface area (Å²) in [6.07, 6.45) is 0. The van der Waals surface area contributed by atoms with Crippen LogP contribution in [0.3, 0.4) is 0 Å². The number of aromatic nitrogens is 1. The van der Waals surface area contributed by atoms with Crippen LogP contribution in [0.4, 0.5) is 0 Å². The van der Waals surface area contributed by atoms with Crippen molar-refractivity contribution >= 4 is 17.2 Å². The third-order valence-electron chi connectivity index (χ3n) is 4.16. The predicted octanol–water partition coefficient (Wildman–Crippen LogP) is 4.57. The van der Waals surface area contributed by atoms with E-state index in [0.717, 1.165) is 21.7 Å². The molecule has 0 bridgehead atoms. The van der Waals surface area contributed by atoms with Crippen LogP contribution in [0.1, 0.15) is 32.7 Å². The molecule has 0 aliphatic heterocycles. The molecule has 3 rings (SSSR count). The normalized spacial score (nSPS) is 10.4. The molecule has 4 nitrogen and oxygen atoms in total. The lowest BCUT2D eigenvalue weighted by Gasteiger charge is -2.16. The van der Waals surface area contributed by atoms with E-state index >= 15 is 0 Å². The van der Waals surface area contributed by atoms with E-state index in [0.29, 0.717) is 17.8 Å². The number of nitrogens with zero attached hydrogens (tertiary/aromatic N) is 3. The second-order valence-electron chi connectivity index (χ2n) is 6.33. The summed E-state index contributed by atoms with van der Waals surface area (Å²) in [5.74, 6) is -0.125. The van der Waals surface area contributed by atoms with Crippen LogP contribution in [-0.4, -0.2) is 22.8 Å². The molecular weight excluding hydrogens is 342 g/mol. The molecule has 0 atom stereocenters. The Morgan fingerprint density at radius 2 is 2.04 bits per heavy atom. The van der Waals surface area contributed by atoms with Gasteiger partial charge in [-0.1, -0.05) is 35.9 Å². The summed E-state index contributed by atoms with van der Waals surface area (Å²) in [6.45, 7) is 4.55. The highest BCUT2D eigenvalue weighted by Crippen LogP contribution is 2.28. The van der Waals surface area contributed by atoms with Crippen molar-refractivity contribution in [3.63, 3.8) is 0 Å². The van der Waals surface area contributed by atoms with Crippen molar-refractivity contribution in [2.75, 3.05) is 7.05 Å². The first-order valence-corrected chi connectivity index (χ1v) is 9.13. The van der Waals surface area contributed by atoms with Gasteiger partial charge in [-0.15, -0.1) is 11.3 Å². The highest BCUT2D eigenvalue weighted by atomic mass is 32.1. The number of carbonyl (C=O) groups is 1. The molecule has 1 aromatic heterocycles. The lowest BCUT2D eigenvalue weighted by atomic mass is 10.1. The lowest BCUT2D eigenvalue weighted by Crippen LogP contribution is -2.26. The van der Waals surface area contributed by atoms with Gasteiger partial charge in [0.05, 0.1) is 11.6 Å². The standard InChI is InChI=1S/C21H19N3OS/c1-14-7-8-18(15(2)9-14)20-23-19(13-26-20)21(25)24(3)12-17-6-4-5-16(10-17)11-22/h4-10,13H,12H2,1-3H3. The average Bonchev–Trinajstić information content (AvgIpc) is 3.10. The van der Waals surface area contributed by atoms with Gasteiger partial charge in [0.15, 0.2) is 0 Å². The minimum atomic E-state index is -0.125. The second kappa shape index (κ2) is 7.51. The van der Waals surface area contributed by atoms with Crippen molar-refractivity contribution < 1.29 is 4.79 Å². The summed E-state index contributed by atoms with van der Waals surface area (Å²) in [6, 6.07) is 15.6. The number of hydrogen-bond donors (Lipinski definition) is 0. The van der Waals surface area contributed by atoms with Crippen LogP contribution in [0.5, 0.6) is 0 Å². The summed E-state index contributed by atoms with van der Waals surface area (Å²) < 4.78 is 0. The monoisotopic (exact) mass is 361 g/mol. The van der Waals surface area contributed by atoms with Crippen LogP contribution >= 0.6 is 11.3 Å². The molecule has 1 heterocycles. The molecule has 1 amide bonds. The number of hydrogen-bond acceptors (Lipinski definition) is 4. The molecule has 0 unspecified atom stereocenters. The van der Waals surface area contributed by atoms with Gasteiger partial charge in [-0.05, 0) is 37.1 Å². The van der Waals surface area contributed by atoms with Crippen LogP contribution in [-0.2, 0) is 6.54 Å². The molecule has 130 valence electrons. The highest BCUT2D eigenvalue weighted by molar-refractivity contribution is 7.13. The van der Waals surface area contributed by atoms with Crippen molar-refractivity contribution in [3.8, 4) is 16.6 Å². The number of benzene rings is 2. The van der Waals surface area contributed by atoms with Gasteiger partial charge < -0.3 is 4.90 Å². The Balaban J connectivity index is 1.78. The van der Waals surface area contributed by atoms with Crippen molar-refractivity contribution in [1.82, 2.24) is 9.88 Å². The first kappa shape index (κ1) is 17.8. The number of rotatable bonds is 4. The van der Waals surface area contributed by atoms with Gasteiger partial charge in [0.1, 0.15) is 10.7 Å². The maximum atomic E-state index is 12.7. The highest BCUT2D eigenvalue weighted by Gasteiger charge is 2.17. The summed E-state index contributed by atoms with van der Waals surface area (Å²) in [7, 11) is 1.75. The van der Waals surface area contributed by atoms with Crippen LogP contribution in [0.2, 0.25) is 0 Å². The predicted molar refractivity (Wildman–Crippen MR) is 104 cm³/mol. The molecule has 0 aliphatic rings. The Hall–Kier alpha value is -2.97. The molecule has 0 N–H and O–H groups in total. The molecule has 0 radical (unpaired) electrons. The van der Waals surface area contributed by atoms with E-state index in [1.165, 1.54) is 16.9 Å². The largest absolute Gasteiger partial charge is 0.336 e. The Morgan fingerprint density at radius 1 is 1.23 bits per heavy atom. The van der Waals surface area contributed by atoms with E-state index in [9.17, 15) is 4.79 Å². The number of carbonyl (C=O) groups excluding carboxylic acids is 1. The second-order valence-corrected chi connectivity index (χ2v) is 7.19. The van der Waals surface area contributed by atoms with Crippen molar-refractivity contribution in [3.05, 3.63) is 75.8 Å². The Labute approximate surface area is 157 Å². The maximum Gasteiger partial charge on any atom is 0.273 e. The summed E-state index contributed by atoms with van der Waals surface area (Å²) >= 11 is 1.48. The van der Waals surface area contributed by atoms with E-state index in [2.05, 4.69) is 43.1 Å². The molecule has 0 aliphatic carbocycles. The maximum absolute atomic E-state index is 12.7. The van der Waals surface area contributed by atoms with Crippen molar-refractivity contribution in [1.29, 1.82) is 5.26 Å². The third kappa shape index (κ3) is 3.81. The molecule has 26 heavy (non-hydrogen) atoms. The zero-order chi connectivity index (χ0) is 18.7. The summed E-state index contributed by atoms with van der Waals surface area (Å²) in [5.41, 5.74) is 5.38. The fourth-order valence-corrected chi connectivity index (χ4v) is 3.71. The van der Waals surface area contributed by atoms with E-state index in [-0.39, 0.29) is 5.91 Å². The van der Waals surface area contributed by atoms with Crippen LogP contribution in [0.15, 0.2) is 47.8 Å². The Morgan fingerprint density at radius 3 is 2.77 bits per heavy atom. The number of nitriles is 1. The molecule has 2 aromatic carbocycles. The van der Waals surface area contributed by atoms with Gasteiger partial charge in [0.25, 0.3) is 5.91 Å². The van der Waals surface area contributed by atoms with Crippen molar-refractivity contribution in [2.24, 2.45) is 0 Å². The molecule has 0 saturated carbocycles. The number of aryl methyl sites for hydroxylation is 2. The van der Waals surface area contributed by atoms with Gasteiger partial charge in [0.2, 0.25) is 0 Å². The minimum Gasteiger partial charge on any atom is -0.336 e. The van der Waals surface area contributed by atoms with E-state index < -0.39 is 0 Å². The average molecular weight is 361 g/mol. The fourth-order valence-electron chi connectivity index (χ4n) is 2.83. The van der Waals surface area contributed by atoms with Crippen LogP contribution < -0.4 is 0 Å². The molecule has 0 spiro atoms. The molecule has 0 fully saturated rings. The first-order chi connectivity index (χ1) is 12.5. The summed E-state index contributed by atoms with van der Waals surface area (Å²) in [4.78, 5) is 18.9. The SMILES string of the molecule is Cc1ccc(-c2nc(C(=O)N(C)Cc3cccc(C#N)c3)cs2)c(C)c1. The molecular formula is C21H19N3OS. The number of thiazole rings is 1. The van der Waals surface area contributed by atoms with E-state index in [4.69, 9.17) is 5.26 Å². The molecule has 3 aromatic rings. The van der Waals surface area contributed by atoms with E-state index in [1.54, 1.807) is 29.5 Å². The Bertz CT molecular complexity index is 1000. The zero-order valence-corrected chi connectivity index (χ0v) is 15.8. The molecule has 5 heteroatoms. The van der Waals surface area contributed by atoms with Crippen LogP contribution in [0, 0.1) is 25.2 Å². The topological polar surface area (TPSA) is 57.0 Å². The van der Waals surface area contributed by atoms with Gasteiger partial charge in [-0.2, -0.15) is 5.26 Å². The van der Waals surface area contributed by atoms with Gasteiger partial charge in [0, 0.05) is 24.5 Å². The van der Waals surface area contributed by atoms with Gasteiger partial charge in [-0.25, -0.2) is 4.98 Å². The minimum absolute atomic E-state index is 0.125. The van der Waals surface area contributed by atoms with Crippen molar-refractivity contribution in [2.45, 2.75) is 20.4 Å². The number of amides is 1. The Kier molecular flexibility index (Phi) is 5.15. The van der Waals surface area contributed by atoms with E-state index in [1.807, 2.05) is 12.1 Å². The molecule has 0 saturated heterocycles. The zero-order valence-electron chi connectivity index (χ0n) is 15.0. The van der Waals surface area contributed by atoms with Crippen LogP contribution in [0.25, 0.3) is 10.6 Å². The van der Waals surface area contributed by atoms with Gasteiger partial charge >= 0.3 is 0 Å².